The van der Waals surface area contributed by atoms with E-state index in [1.54, 1.807) is 18.2 Å². The molecule has 1 aromatic carbocycles. The lowest BCUT2D eigenvalue weighted by Crippen LogP contribution is -2.35. The van der Waals surface area contributed by atoms with Crippen LogP contribution in [-0.4, -0.2) is 23.6 Å². The highest BCUT2D eigenvalue weighted by molar-refractivity contribution is 7.15. The molecule has 0 radical (unpaired) electrons. The Labute approximate surface area is 138 Å². The molecule has 1 fully saturated rings. The van der Waals surface area contributed by atoms with Crippen molar-refractivity contribution in [1.29, 1.82) is 0 Å². The first-order valence-electron chi connectivity index (χ1n) is 7.70. The normalized spacial score (nSPS) is 18.8. The molecule has 0 aliphatic carbocycles. The highest BCUT2D eigenvalue weighted by atomic mass is 32.1. The van der Waals surface area contributed by atoms with Gasteiger partial charge in [-0.15, -0.1) is 11.3 Å². The third kappa shape index (κ3) is 3.43. The van der Waals surface area contributed by atoms with Crippen LogP contribution in [0.25, 0.3) is 10.6 Å². The zero-order valence-corrected chi connectivity index (χ0v) is 14.0. The van der Waals surface area contributed by atoms with E-state index in [0.29, 0.717) is 17.2 Å². The van der Waals surface area contributed by atoms with Crippen molar-refractivity contribution in [1.82, 2.24) is 10.3 Å². The summed E-state index contributed by atoms with van der Waals surface area (Å²) < 4.78 is 19.3. The number of thiazole rings is 1. The summed E-state index contributed by atoms with van der Waals surface area (Å²) >= 11 is 1.41. The SMILES string of the molecule is Cc1nc(-c2ccccc2F)sc1[C@H](C)NC(=O)[C@@H]1CCCO1. The standard InChI is InChI=1S/C17H19FN2O2S/c1-10(19-16(21)14-8-5-9-22-14)15-11(2)20-17(23-15)12-6-3-4-7-13(12)18/h3-4,6-7,10,14H,5,8-9H2,1-2H3,(H,19,21)/t10-,14-/m0/s1. The molecule has 6 heteroatoms. The predicted octanol–water partition coefficient (Wildman–Crippen LogP) is 3.61. The van der Waals surface area contributed by atoms with Crippen molar-refractivity contribution >= 4 is 17.2 Å². The molecule has 3 rings (SSSR count). The second kappa shape index (κ2) is 6.76. The van der Waals surface area contributed by atoms with Gasteiger partial charge in [0.1, 0.15) is 16.9 Å². The van der Waals surface area contributed by atoms with Gasteiger partial charge in [0.25, 0.3) is 0 Å². The Bertz CT molecular complexity index is 710. The van der Waals surface area contributed by atoms with Gasteiger partial charge in [0.05, 0.1) is 16.6 Å². The number of carbonyl (C=O) groups excluding carboxylic acids is 1. The number of carbonyl (C=O) groups is 1. The third-order valence-electron chi connectivity index (χ3n) is 3.91. The second-order valence-corrected chi connectivity index (χ2v) is 6.71. The van der Waals surface area contributed by atoms with Gasteiger partial charge in [-0.05, 0) is 38.8 Å². The summed E-state index contributed by atoms with van der Waals surface area (Å²) in [5.74, 6) is -0.376. The zero-order valence-electron chi connectivity index (χ0n) is 13.1. The van der Waals surface area contributed by atoms with Crippen LogP contribution in [0.1, 0.15) is 36.4 Å². The Morgan fingerprint density at radius 2 is 2.26 bits per heavy atom. The van der Waals surface area contributed by atoms with Crippen molar-refractivity contribution in [3.8, 4) is 10.6 Å². The first kappa shape index (κ1) is 16.1. The molecule has 4 nitrogen and oxygen atoms in total. The molecule has 0 saturated carbocycles. The molecule has 1 aromatic heterocycles. The Morgan fingerprint density at radius 3 is 2.96 bits per heavy atom. The number of nitrogens with zero attached hydrogens (tertiary/aromatic N) is 1. The van der Waals surface area contributed by atoms with E-state index in [-0.39, 0.29) is 23.9 Å². The maximum atomic E-state index is 13.9. The quantitative estimate of drug-likeness (QED) is 0.929. The van der Waals surface area contributed by atoms with Crippen LogP contribution in [0.4, 0.5) is 4.39 Å². The van der Waals surface area contributed by atoms with Gasteiger partial charge < -0.3 is 10.1 Å². The Kier molecular flexibility index (Phi) is 4.73. The number of rotatable bonds is 4. The smallest absolute Gasteiger partial charge is 0.249 e. The van der Waals surface area contributed by atoms with Gasteiger partial charge in [-0.25, -0.2) is 9.37 Å². The van der Waals surface area contributed by atoms with Crippen LogP contribution in [0.2, 0.25) is 0 Å². The first-order valence-corrected chi connectivity index (χ1v) is 8.52. The molecular weight excluding hydrogens is 315 g/mol. The highest BCUT2D eigenvalue weighted by Crippen LogP contribution is 2.33. The largest absolute Gasteiger partial charge is 0.368 e. The van der Waals surface area contributed by atoms with Gasteiger partial charge in [-0.2, -0.15) is 0 Å². The monoisotopic (exact) mass is 334 g/mol. The fourth-order valence-corrected chi connectivity index (χ4v) is 3.81. The summed E-state index contributed by atoms with van der Waals surface area (Å²) in [6.07, 6.45) is 1.33. The number of halogens is 1. The lowest BCUT2D eigenvalue weighted by molar-refractivity contribution is -0.130. The van der Waals surface area contributed by atoms with Crippen LogP contribution in [0.15, 0.2) is 24.3 Å². The first-order chi connectivity index (χ1) is 11.1. The minimum Gasteiger partial charge on any atom is -0.368 e. The van der Waals surface area contributed by atoms with E-state index < -0.39 is 0 Å². The molecule has 1 N–H and O–H groups in total. The molecule has 2 atom stereocenters. The van der Waals surface area contributed by atoms with Crippen LogP contribution in [0.3, 0.4) is 0 Å². The average Bonchev–Trinajstić information content (AvgIpc) is 3.17. The van der Waals surface area contributed by atoms with Crippen LogP contribution < -0.4 is 5.32 Å². The fraction of sp³-hybridized carbons (Fsp3) is 0.412. The predicted molar refractivity (Wildman–Crippen MR) is 87.8 cm³/mol. The Balaban J connectivity index is 1.77. The molecule has 23 heavy (non-hydrogen) atoms. The summed E-state index contributed by atoms with van der Waals surface area (Å²) in [4.78, 5) is 17.6. The van der Waals surface area contributed by atoms with Crippen molar-refractivity contribution in [3.63, 3.8) is 0 Å². The van der Waals surface area contributed by atoms with Gasteiger partial charge in [-0.3, -0.25) is 4.79 Å². The van der Waals surface area contributed by atoms with Crippen LogP contribution in [0, 0.1) is 12.7 Å². The molecule has 2 heterocycles. The van der Waals surface area contributed by atoms with Crippen molar-refractivity contribution in [2.75, 3.05) is 6.61 Å². The third-order valence-corrected chi connectivity index (χ3v) is 5.28. The molecule has 0 bridgehead atoms. The van der Waals surface area contributed by atoms with E-state index in [2.05, 4.69) is 10.3 Å². The zero-order chi connectivity index (χ0) is 16.4. The number of ether oxygens (including phenoxy) is 1. The number of amides is 1. The molecule has 1 aliphatic heterocycles. The number of benzene rings is 1. The van der Waals surface area contributed by atoms with Gasteiger partial charge in [0.2, 0.25) is 5.91 Å². The van der Waals surface area contributed by atoms with Crippen LogP contribution in [-0.2, 0) is 9.53 Å². The van der Waals surface area contributed by atoms with E-state index in [1.165, 1.54) is 17.4 Å². The van der Waals surface area contributed by atoms with Crippen molar-refractivity contribution in [2.24, 2.45) is 0 Å². The topological polar surface area (TPSA) is 51.2 Å². The van der Waals surface area contributed by atoms with E-state index >= 15 is 0 Å². The average molecular weight is 334 g/mol. The fourth-order valence-electron chi connectivity index (χ4n) is 2.72. The number of nitrogens with one attached hydrogen (secondary N) is 1. The Hall–Kier alpha value is -1.79. The molecule has 122 valence electrons. The van der Waals surface area contributed by atoms with Crippen LogP contribution >= 0.6 is 11.3 Å². The number of aryl methyl sites for hydroxylation is 1. The summed E-state index contributed by atoms with van der Waals surface area (Å²) in [6, 6.07) is 6.41. The molecule has 1 saturated heterocycles. The van der Waals surface area contributed by atoms with Crippen molar-refractivity contribution in [3.05, 3.63) is 40.7 Å². The maximum Gasteiger partial charge on any atom is 0.249 e. The molecule has 2 aromatic rings. The maximum absolute atomic E-state index is 13.9. The highest BCUT2D eigenvalue weighted by Gasteiger charge is 2.26. The summed E-state index contributed by atoms with van der Waals surface area (Å²) in [6.45, 7) is 4.44. The van der Waals surface area contributed by atoms with E-state index in [9.17, 15) is 9.18 Å². The van der Waals surface area contributed by atoms with Gasteiger partial charge in [0.15, 0.2) is 0 Å². The van der Waals surface area contributed by atoms with E-state index in [1.807, 2.05) is 13.8 Å². The molecule has 1 aliphatic rings. The lowest BCUT2D eigenvalue weighted by Gasteiger charge is -2.16. The van der Waals surface area contributed by atoms with Gasteiger partial charge in [0, 0.05) is 12.2 Å². The minimum atomic E-state index is -0.350. The molecule has 0 spiro atoms. The summed E-state index contributed by atoms with van der Waals surface area (Å²) in [7, 11) is 0. The minimum absolute atomic E-state index is 0.0877. The second-order valence-electron chi connectivity index (χ2n) is 5.68. The molecular formula is C17H19FN2O2S. The number of hydrogen-bond acceptors (Lipinski definition) is 4. The van der Waals surface area contributed by atoms with Crippen molar-refractivity contribution in [2.45, 2.75) is 38.8 Å². The van der Waals surface area contributed by atoms with Crippen molar-refractivity contribution < 1.29 is 13.9 Å². The number of aromatic nitrogens is 1. The van der Waals surface area contributed by atoms with E-state index in [4.69, 9.17) is 4.74 Å². The summed E-state index contributed by atoms with van der Waals surface area (Å²) in [5.41, 5.74) is 1.30. The lowest BCUT2D eigenvalue weighted by atomic mass is 10.2. The Morgan fingerprint density at radius 1 is 1.48 bits per heavy atom. The number of hydrogen-bond donors (Lipinski definition) is 1. The summed E-state index contributed by atoms with van der Waals surface area (Å²) in [5, 5.41) is 3.60. The molecule has 0 unspecified atom stereocenters. The van der Waals surface area contributed by atoms with Crippen LogP contribution in [0.5, 0.6) is 0 Å². The van der Waals surface area contributed by atoms with E-state index in [0.717, 1.165) is 23.4 Å². The van der Waals surface area contributed by atoms with Gasteiger partial charge >= 0.3 is 0 Å². The van der Waals surface area contributed by atoms with Gasteiger partial charge in [-0.1, -0.05) is 12.1 Å². The molecule has 1 amide bonds.